The first-order valence-corrected chi connectivity index (χ1v) is 4.05. The number of hydrogen-bond donors (Lipinski definition) is 2. The molecule has 0 bridgehead atoms. The Hall–Kier alpha value is -1.30. The fourth-order valence-corrected chi connectivity index (χ4v) is 0.555. The van der Waals surface area contributed by atoms with Crippen molar-refractivity contribution in [1.82, 2.24) is 10.4 Å². The van der Waals surface area contributed by atoms with Gasteiger partial charge in [-0.3, -0.25) is 15.2 Å². The summed E-state index contributed by atoms with van der Waals surface area (Å²) in [6.45, 7) is 5.56. The third-order valence-corrected chi connectivity index (χ3v) is 1.45. The van der Waals surface area contributed by atoms with Crippen molar-refractivity contribution < 1.29 is 9.53 Å². The second-order valence-corrected chi connectivity index (χ2v) is 2.61. The lowest BCUT2D eigenvalue weighted by Crippen LogP contribution is -2.46. The Labute approximate surface area is 82.5 Å². The zero-order valence-corrected chi connectivity index (χ0v) is 8.48. The van der Waals surface area contributed by atoms with Crippen LogP contribution in [0.5, 0.6) is 0 Å². The van der Waals surface area contributed by atoms with Gasteiger partial charge in [0, 0.05) is 7.05 Å². The first-order chi connectivity index (χ1) is 5.99. The van der Waals surface area contributed by atoms with Crippen LogP contribution in [0, 0.1) is 0 Å². The van der Waals surface area contributed by atoms with Crippen molar-refractivity contribution in [2.45, 2.75) is 6.92 Å². The van der Waals surface area contributed by atoms with Crippen molar-refractivity contribution in [2.75, 3.05) is 13.7 Å². The molecule has 0 heterocycles. The molecule has 0 spiro atoms. The fraction of sp³-hybridized carbons (Fsp3) is 0.429. The molecule has 5 nitrogen and oxygen atoms in total. The molecular weight excluding hydrogens is 190 g/mol. The maximum absolute atomic E-state index is 11.2. The molecule has 0 aliphatic rings. The van der Waals surface area contributed by atoms with Gasteiger partial charge in [0.2, 0.25) is 0 Å². The summed E-state index contributed by atoms with van der Waals surface area (Å²) >= 11 is 4.61. The molecule has 0 atom stereocenters. The van der Waals surface area contributed by atoms with Crippen LogP contribution in [-0.4, -0.2) is 29.7 Å². The Morgan fingerprint density at radius 1 is 1.77 bits per heavy atom. The van der Waals surface area contributed by atoms with E-state index in [4.69, 9.17) is 10.5 Å². The Morgan fingerprint density at radius 2 is 2.31 bits per heavy atom. The highest BCUT2D eigenvalue weighted by molar-refractivity contribution is 7.80. The molecule has 1 amide bonds. The smallest absolute Gasteiger partial charge is 0.304 e. The molecule has 0 aromatic carbocycles. The largest absolute Gasteiger partial charge is 0.489 e. The predicted molar refractivity (Wildman–Crippen MR) is 53.5 cm³/mol. The van der Waals surface area contributed by atoms with Gasteiger partial charge in [-0.2, -0.15) is 0 Å². The van der Waals surface area contributed by atoms with Crippen LogP contribution in [0.4, 0.5) is 0 Å². The molecule has 3 N–H and O–H groups in total. The second kappa shape index (κ2) is 5.36. The van der Waals surface area contributed by atoms with Gasteiger partial charge >= 0.3 is 5.91 Å². The summed E-state index contributed by atoms with van der Waals surface area (Å²) in [5.41, 5.74) is 7.60. The van der Waals surface area contributed by atoms with Gasteiger partial charge in [-0.15, -0.1) is 0 Å². The number of hydrazine groups is 1. The van der Waals surface area contributed by atoms with Gasteiger partial charge < -0.3 is 10.5 Å². The van der Waals surface area contributed by atoms with E-state index in [0.29, 0.717) is 6.61 Å². The monoisotopic (exact) mass is 203 g/mol. The van der Waals surface area contributed by atoms with Crippen molar-refractivity contribution in [1.29, 1.82) is 0 Å². The molecule has 0 saturated heterocycles. The SMILES string of the molecule is C=C(OCC)C(=O)NN(C)C(N)=S. The number of amides is 1. The Morgan fingerprint density at radius 3 is 2.69 bits per heavy atom. The van der Waals surface area contributed by atoms with E-state index < -0.39 is 5.91 Å². The van der Waals surface area contributed by atoms with Gasteiger partial charge in [0.15, 0.2) is 10.9 Å². The second-order valence-electron chi connectivity index (χ2n) is 2.19. The average molecular weight is 203 g/mol. The van der Waals surface area contributed by atoms with E-state index in [1.165, 1.54) is 12.1 Å². The first kappa shape index (κ1) is 11.7. The molecule has 0 unspecified atom stereocenters. The molecule has 0 saturated carbocycles. The van der Waals surface area contributed by atoms with Gasteiger partial charge in [0.25, 0.3) is 0 Å². The number of nitrogens with two attached hydrogens (primary N) is 1. The van der Waals surface area contributed by atoms with Crippen LogP contribution < -0.4 is 11.2 Å². The van der Waals surface area contributed by atoms with Gasteiger partial charge in [-0.05, 0) is 19.1 Å². The minimum absolute atomic E-state index is 0.0330. The Kier molecular flexibility index (Phi) is 4.83. The van der Waals surface area contributed by atoms with Gasteiger partial charge in [0.1, 0.15) is 0 Å². The standard InChI is InChI=1S/C7H13N3O2S/c1-4-12-5(2)6(11)9-10(3)7(8)13/h2,4H2,1,3H3,(H2,8,13)(H,9,11). The van der Waals surface area contributed by atoms with Crippen molar-refractivity contribution >= 4 is 23.2 Å². The minimum Gasteiger partial charge on any atom is -0.489 e. The minimum atomic E-state index is -0.461. The molecule has 0 aliphatic heterocycles. The lowest BCUT2D eigenvalue weighted by Gasteiger charge is -2.18. The molecule has 6 heteroatoms. The Balaban J connectivity index is 4.00. The highest BCUT2D eigenvalue weighted by Crippen LogP contribution is 1.92. The van der Waals surface area contributed by atoms with Gasteiger partial charge in [-0.1, -0.05) is 6.58 Å². The van der Waals surface area contributed by atoms with Crippen LogP contribution in [0.15, 0.2) is 12.3 Å². The van der Waals surface area contributed by atoms with Gasteiger partial charge in [0.05, 0.1) is 6.61 Å². The maximum Gasteiger partial charge on any atom is 0.304 e. The van der Waals surface area contributed by atoms with Crippen molar-refractivity contribution in [3.63, 3.8) is 0 Å². The van der Waals surface area contributed by atoms with Gasteiger partial charge in [-0.25, -0.2) is 0 Å². The van der Waals surface area contributed by atoms with Crippen LogP contribution in [0.2, 0.25) is 0 Å². The molecule has 0 aromatic heterocycles. The Bertz CT molecular complexity index is 230. The van der Waals surface area contributed by atoms with E-state index in [2.05, 4.69) is 24.2 Å². The summed E-state index contributed by atoms with van der Waals surface area (Å²) in [7, 11) is 1.53. The molecule has 0 aliphatic carbocycles. The predicted octanol–water partition coefficient (Wildman–Crippen LogP) is -0.257. The third-order valence-electron chi connectivity index (χ3n) is 1.17. The highest BCUT2D eigenvalue weighted by atomic mass is 32.1. The molecular formula is C7H13N3O2S. The average Bonchev–Trinajstić information content (AvgIpc) is 2.04. The summed E-state index contributed by atoms with van der Waals surface area (Å²) in [5, 5.41) is 1.28. The van der Waals surface area contributed by atoms with Crippen LogP contribution in [-0.2, 0) is 9.53 Å². The molecule has 0 fully saturated rings. The number of carbonyl (C=O) groups excluding carboxylic acids is 1. The number of carbonyl (C=O) groups is 1. The molecule has 0 radical (unpaired) electrons. The summed E-state index contributed by atoms with van der Waals surface area (Å²) in [4.78, 5) is 11.2. The van der Waals surface area contributed by atoms with Crippen molar-refractivity contribution in [2.24, 2.45) is 5.73 Å². The zero-order chi connectivity index (χ0) is 10.4. The number of thiocarbonyl (C=S) groups is 1. The zero-order valence-electron chi connectivity index (χ0n) is 7.66. The van der Waals surface area contributed by atoms with Crippen LogP contribution in [0.1, 0.15) is 6.92 Å². The van der Waals surface area contributed by atoms with Crippen molar-refractivity contribution in [3.8, 4) is 0 Å². The highest BCUT2D eigenvalue weighted by Gasteiger charge is 2.09. The topological polar surface area (TPSA) is 67.6 Å². The van der Waals surface area contributed by atoms with Crippen LogP contribution >= 0.6 is 12.2 Å². The first-order valence-electron chi connectivity index (χ1n) is 3.64. The van der Waals surface area contributed by atoms with Crippen LogP contribution in [0.25, 0.3) is 0 Å². The van der Waals surface area contributed by atoms with E-state index in [9.17, 15) is 4.79 Å². The summed E-state index contributed by atoms with van der Waals surface area (Å²) in [6.07, 6.45) is 0. The number of hydrogen-bond acceptors (Lipinski definition) is 3. The summed E-state index contributed by atoms with van der Waals surface area (Å²) in [5.74, 6) is -0.428. The van der Waals surface area contributed by atoms with E-state index in [-0.39, 0.29) is 10.9 Å². The quantitative estimate of drug-likeness (QED) is 0.286. The summed E-state index contributed by atoms with van der Waals surface area (Å²) in [6, 6.07) is 0. The number of nitrogens with zero attached hydrogens (tertiary/aromatic N) is 1. The molecule has 74 valence electrons. The maximum atomic E-state index is 11.2. The number of rotatable bonds is 3. The van der Waals surface area contributed by atoms with Crippen LogP contribution in [0.3, 0.4) is 0 Å². The van der Waals surface area contributed by atoms with E-state index in [0.717, 1.165) is 0 Å². The fourth-order valence-electron chi connectivity index (χ4n) is 0.510. The number of nitrogens with one attached hydrogen (secondary N) is 1. The normalized spacial score (nSPS) is 8.77. The van der Waals surface area contributed by atoms with E-state index in [1.54, 1.807) is 6.92 Å². The third kappa shape index (κ3) is 4.32. The molecule has 0 aromatic rings. The molecule has 13 heavy (non-hydrogen) atoms. The van der Waals surface area contributed by atoms with Crippen molar-refractivity contribution in [3.05, 3.63) is 12.3 Å². The lowest BCUT2D eigenvalue weighted by atomic mass is 10.5. The molecule has 0 rings (SSSR count). The number of ether oxygens (including phenoxy) is 1. The van der Waals surface area contributed by atoms with E-state index in [1.807, 2.05) is 0 Å². The van der Waals surface area contributed by atoms with E-state index >= 15 is 0 Å². The summed E-state index contributed by atoms with van der Waals surface area (Å²) < 4.78 is 4.87. The lowest BCUT2D eigenvalue weighted by molar-refractivity contribution is -0.123.